The molecule has 2 aromatic carbocycles. The molecule has 0 atom stereocenters. The van der Waals surface area contributed by atoms with Crippen LogP contribution in [0.3, 0.4) is 0 Å². The van der Waals surface area contributed by atoms with Gasteiger partial charge in [-0.2, -0.15) is 0 Å². The molecule has 2 N–H and O–H groups in total. The molecule has 0 aliphatic carbocycles. The van der Waals surface area contributed by atoms with Crippen LogP contribution in [0, 0.1) is 0 Å². The molecule has 0 spiro atoms. The first-order valence-corrected chi connectivity index (χ1v) is 7.79. The van der Waals surface area contributed by atoms with Crippen molar-refractivity contribution in [2.24, 2.45) is 0 Å². The first-order chi connectivity index (χ1) is 12.9. The number of nitrogens with one attached hydrogen (secondary N) is 1. The molecule has 0 aromatic heterocycles. The summed E-state index contributed by atoms with van der Waals surface area (Å²) in [5.74, 6) is -3.05. The maximum atomic E-state index is 12.4. The minimum Gasteiger partial charge on any atom is -0.478 e. The van der Waals surface area contributed by atoms with Gasteiger partial charge in [-0.25, -0.2) is 14.4 Å². The fourth-order valence-electron chi connectivity index (χ4n) is 2.43. The van der Waals surface area contributed by atoms with Crippen molar-refractivity contribution in [1.82, 2.24) is 0 Å². The monoisotopic (exact) mass is 371 g/mol. The molecular formula is C19H17NO7. The third kappa shape index (κ3) is 4.69. The minimum absolute atomic E-state index is 0.00385. The molecule has 1 amide bonds. The second-order valence-electron chi connectivity index (χ2n) is 5.43. The molecule has 8 nitrogen and oxygen atoms in total. The van der Waals surface area contributed by atoms with Crippen molar-refractivity contribution in [3.8, 4) is 0 Å². The van der Waals surface area contributed by atoms with Crippen molar-refractivity contribution in [1.29, 1.82) is 0 Å². The van der Waals surface area contributed by atoms with Gasteiger partial charge in [0, 0.05) is 0 Å². The number of esters is 2. The molecule has 2 aromatic rings. The Kier molecular flexibility index (Phi) is 6.27. The number of aromatic carboxylic acids is 1. The molecule has 0 aliphatic rings. The molecule has 0 unspecified atom stereocenters. The Morgan fingerprint density at radius 1 is 0.926 bits per heavy atom. The topological polar surface area (TPSA) is 119 Å². The molecule has 140 valence electrons. The fourth-order valence-corrected chi connectivity index (χ4v) is 2.43. The Balaban J connectivity index is 2.32. The van der Waals surface area contributed by atoms with Gasteiger partial charge in [-0.1, -0.05) is 18.2 Å². The Morgan fingerprint density at radius 2 is 1.59 bits per heavy atom. The van der Waals surface area contributed by atoms with Crippen LogP contribution in [0.2, 0.25) is 0 Å². The summed E-state index contributed by atoms with van der Waals surface area (Å²) in [6.45, 7) is 0. The summed E-state index contributed by atoms with van der Waals surface area (Å²) >= 11 is 0. The van der Waals surface area contributed by atoms with Gasteiger partial charge in [0.2, 0.25) is 5.91 Å². The molecule has 8 heteroatoms. The Labute approximate surface area is 154 Å². The SMILES string of the molecule is COC(=O)c1ccc(C(=O)OC)c(NC(=O)Cc2ccccc2C(=O)O)c1. The van der Waals surface area contributed by atoms with Gasteiger partial charge in [0.05, 0.1) is 43.0 Å². The zero-order valence-corrected chi connectivity index (χ0v) is 14.6. The molecule has 0 saturated carbocycles. The second kappa shape index (κ2) is 8.61. The van der Waals surface area contributed by atoms with Crippen LogP contribution < -0.4 is 5.32 Å². The zero-order chi connectivity index (χ0) is 20.0. The van der Waals surface area contributed by atoms with Crippen LogP contribution in [-0.2, 0) is 20.7 Å². The standard InChI is InChI=1S/C19H17NO7/c1-26-18(24)12-7-8-14(19(25)27-2)15(9-12)20-16(21)10-11-5-3-4-6-13(11)17(22)23/h3-9H,10H2,1-2H3,(H,20,21)(H,22,23). The Hall–Kier alpha value is -3.68. The van der Waals surface area contributed by atoms with Gasteiger partial charge in [0.15, 0.2) is 0 Å². The van der Waals surface area contributed by atoms with E-state index < -0.39 is 23.8 Å². The average Bonchev–Trinajstić information content (AvgIpc) is 2.66. The van der Waals surface area contributed by atoms with E-state index in [0.717, 1.165) is 0 Å². The van der Waals surface area contributed by atoms with Crippen molar-refractivity contribution in [3.05, 3.63) is 64.7 Å². The number of carbonyl (C=O) groups is 4. The van der Waals surface area contributed by atoms with Gasteiger partial charge in [-0.3, -0.25) is 4.79 Å². The highest BCUT2D eigenvalue weighted by Gasteiger charge is 2.18. The average molecular weight is 371 g/mol. The number of ether oxygens (including phenoxy) is 2. The van der Waals surface area contributed by atoms with E-state index in [4.69, 9.17) is 0 Å². The van der Waals surface area contributed by atoms with E-state index in [0.29, 0.717) is 5.56 Å². The van der Waals surface area contributed by atoms with Crippen molar-refractivity contribution in [2.45, 2.75) is 6.42 Å². The van der Waals surface area contributed by atoms with Crippen molar-refractivity contribution in [3.63, 3.8) is 0 Å². The molecule has 0 radical (unpaired) electrons. The van der Waals surface area contributed by atoms with Crippen LogP contribution in [0.1, 0.15) is 36.6 Å². The van der Waals surface area contributed by atoms with Gasteiger partial charge in [0.25, 0.3) is 0 Å². The highest BCUT2D eigenvalue weighted by molar-refractivity contribution is 6.04. The third-order valence-corrected chi connectivity index (χ3v) is 3.72. The van der Waals surface area contributed by atoms with Gasteiger partial charge < -0.3 is 19.9 Å². The molecule has 0 bridgehead atoms. The number of methoxy groups -OCH3 is 2. The lowest BCUT2D eigenvalue weighted by Gasteiger charge is -2.12. The number of rotatable bonds is 6. The summed E-state index contributed by atoms with van der Waals surface area (Å²) in [5.41, 5.74) is 0.550. The summed E-state index contributed by atoms with van der Waals surface area (Å²) in [7, 11) is 2.39. The summed E-state index contributed by atoms with van der Waals surface area (Å²) in [6, 6.07) is 10.1. The highest BCUT2D eigenvalue weighted by atomic mass is 16.5. The van der Waals surface area contributed by atoms with Gasteiger partial charge >= 0.3 is 17.9 Å². The van der Waals surface area contributed by atoms with E-state index in [9.17, 15) is 24.3 Å². The number of hydrogen-bond acceptors (Lipinski definition) is 6. The highest BCUT2D eigenvalue weighted by Crippen LogP contribution is 2.20. The smallest absolute Gasteiger partial charge is 0.339 e. The summed E-state index contributed by atoms with van der Waals surface area (Å²) < 4.78 is 9.30. The van der Waals surface area contributed by atoms with E-state index in [2.05, 4.69) is 14.8 Å². The lowest BCUT2D eigenvalue weighted by Crippen LogP contribution is -2.19. The van der Waals surface area contributed by atoms with Crippen molar-refractivity contribution >= 4 is 29.5 Å². The molecule has 27 heavy (non-hydrogen) atoms. The molecule has 0 heterocycles. The predicted octanol–water partition coefficient (Wildman–Crippen LogP) is 2.14. The summed E-state index contributed by atoms with van der Waals surface area (Å²) in [5, 5.41) is 11.7. The third-order valence-electron chi connectivity index (χ3n) is 3.72. The van der Waals surface area contributed by atoms with Crippen molar-refractivity contribution in [2.75, 3.05) is 19.5 Å². The number of amides is 1. The van der Waals surface area contributed by atoms with E-state index in [1.807, 2.05) is 0 Å². The number of carboxylic acid groups (broad SMARTS) is 1. The number of carboxylic acids is 1. The molecule has 0 saturated heterocycles. The normalized spacial score (nSPS) is 10.0. The first-order valence-electron chi connectivity index (χ1n) is 7.79. The zero-order valence-electron chi connectivity index (χ0n) is 14.6. The summed E-state index contributed by atoms with van der Waals surface area (Å²) in [4.78, 5) is 47.2. The summed E-state index contributed by atoms with van der Waals surface area (Å²) in [6.07, 6.45) is -0.231. The predicted molar refractivity (Wildman–Crippen MR) is 94.9 cm³/mol. The quantitative estimate of drug-likeness (QED) is 0.747. The lowest BCUT2D eigenvalue weighted by molar-refractivity contribution is -0.115. The van der Waals surface area contributed by atoms with Crippen molar-refractivity contribution < 1.29 is 33.8 Å². The number of hydrogen-bond donors (Lipinski definition) is 2. The maximum Gasteiger partial charge on any atom is 0.339 e. The second-order valence-corrected chi connectivity index (χ2v) is 5.43. The van der Waals surface area contributed by atoms with E-state index >= 15 is 0 Å². The molecule has 2 rings (SSSR count). The lowest BCUT2D eigenvalue weighted by atomic mass is 10.0. The Morgan fingerprint density at radius 3 is 2.22 bits per heavy atom. The molecular weight excluding hydrogens is 354 g/mol. The van der Waals surface area contributed by atoms with Gasteiger partial charge in [-0.15, -0.1) is 0 Å². The first kappa shape index (κ1) is 19.6. The van der Waals surface area contributed by atoms with Crippen LogP contribution in [-0.4, -0.2) is 43.1 Å². The number of benzene rings is 2. The largest absolute Gasteiger partial charge is 0.478 e. The van der Waals surface area contributed by atoms with Crippen LogP contribution in [0.5, 0.6) is 0 Å². The van der Waals surface area contributed by atoms with Gasteiger partial charge in [0.1, 0.15) is 0 Å². The van der Waals surface area contributed by atoms with E-state index in [1.54, 1.807) is 12.1 Å². The van der Waals surface area contributed by atoms with Crippen LogP contribution in [0.15, 0.2) is 42.5 Å². The number of anilines is 1. The van der Waals surface area contributed by atoms with Crippen LogP contribution >= 0.6 is 0 Å². The number of carbonyl (C=O) groups excluding carboxylic acids is 3. The molecule has 0 aliphatic heterocycles. The van der Waals surface area contributed by atoms with Gasteiger partial charge in [-0.05, 0) is 29.8 Å². The maximum absolute atomic E-state index is 12.4. The minimum atomic E-state index is -1.15. The molecule has 0 fully saturated rings. The van der Waals surface area contributed by atoms with E-state index in [1.165, 1.54) is 44.6 Å². The Bertz CT molecular complexity index is 905. The van der Waals surface area contributed by atoms with E-state index in [-0.39, 0.29) is 28.8 Å². The van der Waals surface area contributed by atoms with Crippen LogP contribution in [0.25, 0.3) is 0 Å². The van der Waals surface area contributed by atoms with Crippen LogP contribution in [0.4, 0.5) is 5.69 Å². The fraction of sp³-hybridized carbons (Fsp3) is 0.158.